The Morgan fingerprint density at radius 1 is 1.00 bits per heavy atom. The number of esters is 1. The summed E-state index contributed by atoms with van der Waals surface area (Å²) < 4.78 is 12.7. The molecule has 6 heteroatoms. The Morgan fingerprint density at radius 2 is 1.81 bits per heavy atom. The number of aliphatic hydroxyl groups excluding tert-OH is 1. The summed E-state index contributed by atoms with van der Waals surface area (Å²) in [6, 6.07) is 24.2. The molecular weight excluding hydrogens is 404 g/mol. The molecule has 0 spiro atoms. The highest BCUT2D eigenvalue weighted by molar-refractivity contribution is 5.90. The molecule has 0 saturated heterocycles. The molecule has 0 aliphatic heterocycles. The van der Waals surface area contributed by atoms with Crippen molar-refractivity contribution in [2.75, 3.05) is 6.61 Å². The monoisotopic (exact) mass is 428 g/mol. The van der Waals surface area contributed by atoms with Gasteiger partial charge in [0, 0.05) is 18.8 Å². The molecular formula is C26H24N2O4. The maximum atomic E-state index is 12.1. The van der Waals surface area contributed by atoms with Crippen LogP contribution in [0.2, 0.25) is 0 Å². The van der Waals surface area contributed by atoms with Crippen LogP contribution in [0.15, 0.2) is 91.3 Å². The van der Waals surface area contributed by atoms with E-state index in [9.17, 15) is 9.90 Å². The van der Waals surface area contributed by atoms with E-state index in [1.165, 1.54) is 0 Å². The summed E-state index contributed by atoms with van der Waals surface area (Å²) in [6.45, 7) is 2.07. The molecule has 0 bridgehead atoms. The molecule has 2 aromatic carbocycles. The lowest BCUT2D eigenvalue weighted by molar-refractivity contribution is 0.0526. The van der Waals surface area contributed by atoms with Gasteiger partial charge in [-0.2, -0.15) is 0 Å². The predicted octanol–water partition coefficient (Wildman–Crippen LogP) is 5.25. The van der Waals surface area contributed by atoms with Crippen molar-refractivity contribution in [2.45, 2.75) is 19.6 Å². The fraction of sp³-hybridized carbons (Fsp3) is 0.154. The Bertz CT molecular complexity index is 1190. The van der Waals surface area contributed by atoms with Crippen molar-refractivity contribution in [1.82, 2.24) is 9.55 Å². The van der Waals surface area contributed by atoms with E-state index in [1.807, 2.05) is 66.7 Å². The van der Waals surface area contributed by atoms with Crippen molar-refractivity contribution in [2.24, 2.45) is 0 Å². The molecule has 1 N–H and O–H groups in total. The van der Waals surface area contributed by atoms with Crippen LogP contribution in [-0.2, 0) is 11.2 Å². The Morgan fingerprint density at radius 3 is 2.62 bits per heavy atom. The average Bonchev–Trinajstić information content (AvgIpc) is 3.31. The Kier molecular flexibility index (Phi) is 6.63. The zero-order valence-corrected chi connectivity index (χ0v) is 17.7. The third-order valence-corrected chi connectivity index (χ3v) is 4.93. The highest BCUT2D eigenvalue weighted by Gasteiger charge is 2.16. The van der Waals surface area contributed by atoms with Gasteiger partial charge in [-0.3, -0.25) is 4.98 Å². The van der Waals surface area contributed by atoms with Crippen LogP contribution in [0.25, 0.3) is 11.4 Å². The highest BCUT2D eigenvalue weighted by atomic mass is 16.5. The minimum absolute atomic E-state index is 0.304. The Hall–Kier alpha value is -3.90. The zero-order chi connectivity index (χ0) is 22.3. The molecule has 1 atom stereocenters. The highest BCUT2D eigenvalue weighted by Crippen LogP contribution is 2.26. The van der Waals surface area contributed by atoms with Gasteiger partial charge >= 0.3 is 5.97 Å². The van der Waals surface area contributed by atoms with Gasteiger partial charge in [0.05, 0.1) is 23.6 Å². The van der Waals surface area contributed by atoms with Crippen LogP contribution in [0.3, 0.4) is 0 Å². The molecule has 2 aromatic heterocycles. The summed E-state index contributed by atoms with van der Waals surface area (Å²) in [5.74, 6) is 1.06. The number of aromatic nitrogens is 2. The smallest absolute Gasteiger partial charge is 0.338 e. The molecule has 0 saturated carbocycles. The standard InChI is InChI=1S/C26H24N2O4/c1-2-31-26(30)20-13-14-27-23(18-20)24-12-7-15-28(24)25(29)17-19-8-6-11-22(16-19)32-21-9-4-3-5-10-21/h3-16,18,25,29H,2,17H2,1H3. The molecule has 0 radical (unpaired) electrons. The number of para-hydroxylation sites is 1. The van der Waals surface area contributed by atoms with Crippen LogP contribution < -0.4 is 4.74 Å². The summed E-state index contributed by atoms with van der Waals surface area (Å²) in [7, 11) is 0. The van der Waals surface area contributed by atoms with Crippen LogP contribution in [-0.4, -0.2) is 27.2 Å². The number of hydrogen-bond donors (Lipinski definition) is 1. The van der Waals surface area contributed by atoms with Crippen molar-refractivity contribution >= 4 is 5.97 Å². The van der Waals surface area contributed by atoms with Crippen LogP contribution in [0.5, 0.6) is 11.5 Å². The molecule has 0 amide bonds. The molecule has 1 unspecified atom stereocenters. The third kappa shape index (κ3) is 5.04. The number of ether oxygens (including phenoxy) is 2. The summed E-state index contributed by atoms with van der Waals surface area (Å²) >= 11 is 0. The van der Waals surface area contributed by atoms with Gasteiger partial charge in [0.1, 0.15) is 17.7 Å². The SMILES string of the molecule is CCOC(=O)c1ccnc(-c2cccn2C(O)Cc2cccc(Oc3ccccc3)c2)c1. The Balaban J connectivity index is 1.52. The number of pyridine rings is 1. The molecule has 6 nitrogen and oxygen atoms in total. The number of benzene rings is 2. The molecule has 0 fully saturated rings. The van der Waals surface area contributed by atoms with E-state index in [2.05, 4.69) is 4.98 Å². The van der Waals surface area contributed by atoms with Gasteiger partial charge in [0.15, 0.2) is 0 Å². The van der Waals surface area contributed by atoms with Gasteiger partial charge in [-0.1, -0.05) is 30.3 Å². The second kappa shape index (κ2) is 9.94. The molecule has 162 valence electrons. The van der Waals surface area contributed by atoms with Crippen LogP contribution >= 0.6 is 0 Å². The van der Waals surface area contributed by atoms with Crippen molar-refractivity contribution < 1.29 is 19.4 Å². The van der Waals surface area contributed by atoms with Gasteiger partial charge in [-0.15, -0.1) is 0 Å². The van der Waals surface area contributed by atoms with E-state index >= 15 is 0 Å². The molecule has 4 aromatic rings. The van der Waals surface area contributed by atoms with Crippen molar-refractivity contribution in [3.8, 4) is 22.9 Å². The predicted molar refractivity (Wildman–Crippen MR) is 122 cm³/mol. The summed E-state index contributed by atoms with van der Waals surface area (Å²) in [4.78, 5) is 16.4. The van der Waals surface area contributed by atoms with Crippen LogP contribution in [0.1, 0.15) is 29.1 Å². The summed E-state index contributed by atoms with van der Waals surface area (Å²) in [6.07, 6.45) is 2.92. The molecule has 32 heavy (non-hydrogen) atoms. The number of carbonyl (C=O) groups is 1. The van der Waals surface area contributed by atoms with Gasteiger partial charge < -0.3 is 19.1 Å². The van der Waals surface area contributed by atoms with Crippen LogP contribution in [0.4, 0.5) is 0 Å². The third-order valence-electron chi connectivity index (χ3n) is 4.93. The first kappa shape index (κ1) is 21.3. The van der Waals surface area contributed by atoms with Gasteiger partial charge in [-0.05, 0) is 61.0 Å². The first-order chi connectivity index (χ1) is 15.6. The van der Waals surface area contributed by atoms with Crippen molar-refractivity contribution in [3.05, 3.63) is 102 Å². The molecule has 4 rings (SSSR count). The van der Waals surface area contributed by atoms with Crippen molar-refractivity contribution in [3.63, 3.8) is 0 Å². The summed E-state index contributed by atoms with van der Waals surface area (Å²) in [5, 5.41) is 11.0. The normalized spacial score (nSPS) is 11.7. The first-order valence-corrected chi connectivity index (χ1v) is 10.4. The number of carbonyl (C=O) groups excluding carboxylic acids is 1. The zero-order valence-electron chi connectivity index (χ0n) is 17.7. The second-order valence-electron chi connectivity index (χ2n) is 7.20. The molecule has 0 aliphatic carbocycles. The van der Waals surface area contributed by atoms with E-state index in [0.717, 1.165) is 11.3 Å². The van der Waals surface area contributed by atoms with Gasteiger partial charge in [0.25, 0.3) is 0 Å². The van der Waals surface area contributed by atoms with E-state index < -0.39 is 12.2 Å². The lowest BCUT2D eigenvalue weighted by Crippen LogP contribution is -2.12. The second-order valence-corrected chi connectivity index (χ2v) is 7.20. The first-order valence-electron chi connectivity index (χ1n) is 10.4. The Labute approximate surface area is 186 Å². The fourth-order valence-electron chi connectivity index (χ4n) is 3.45. The van der Waals surface area contributed by atoms with Crippen molar-refractivity contribution in [1.29, 1.82) is 0 Å². The van der Waals surface area contributed by atoms with E-state index in [-0.39, 0.29) is 0 Å². The lowest BCUT2D eigenvalue weighted by Gasteiger charge is -2.17. The number of nitrogens with zero attached hydrogens (tertiary/aromatic N) is 2. The number of rotatable bonds is 8. The number of aliphatic hydroxyl groups is 1. The quantitative estimate of drug-likeness (QED) is 0.388. The van der Waals surface area contributed by atoms with Gasteiger partial charge in [0.2, 0.25) is 0 Å². The maximum Gasteiger partial charge on any atom is 0.338 e. The maximum absolute atomic E-state index is 12.1. The largest absolute Gasteiger partial charge is 0.462 e. The molecule has 0 aliphatic rings. The molecule has 2 heterocycles. The fourth-order valence-corrected chi connectivity index (χ4v) is 3.45. The van der Waals surface area contributed by atoms with Crippen LogP contribution in [0, 0.1) is 0 Å². The minimum Gasteiger partial charge on any atom is -0.462 e. The van der Waals surface area contributed by atoms with E-state index in [4.69, 9.17) is 9.47 Å². The van der Waals surface area contributed by atoms with E-state index in [0.29, 0.717) is 35.7 Å². The van der Waals surface area contributed by atoms with E-state index in [1.54, 1.807) is 36.0 Å². The van der Waals surface area contributed by atoms with Gasteiger partial charge in [-0.25, -0.2) is 4.79 Å². The average molecular weight is 428 g/mol. The topological polar surface area (TPSA) is 73.6 Å². The minimum atomic E-state index is -0.819. The lowest BCUT2D eigenvalue weighted by atomic mass is 10.1. The number of hydrogen-bond acceptors (Lipinski definition) is 5. The summed E-state index contributed by atoms with van der Waals surface area (Å²) in [5.41, 5.74) is 2.64.